The van der Waals surface area contributed by atoms with Crippen LogP contribution in [0.4, 0.5) is 4.79 Å². The Balaban J connectivity index is -0.00000000750. The van der Waals surface area contributed by atoms with Crippen LogP contribution in [0.1, 0.15) is 0 Å². The first kappa shape index (κ1) is 39.5. The Bertz CT molecular complexity index is 38.3. The first-order chi connectivity index (χ1) is 1.73. The summed E-state index contributed by atoms with van der Waals surface area (Å²) in [6.45, 7) is 0. The molecule has 0 heterocycles. The van der Waals surface area contributed by atoms with E-state index in [-0.39, 0.29) is 51.3 Å². The number of hydrogen-bond acceptors (Lipinski definition) is 1. The van der Waals surface area contributed by atoms with Crippen LogP contribution >= 0.6 is 0 Å². The quantitative estimate of drug-likeness (QED) is 0.608. The Morgan fingerprint density at radius 2 is 1.00 bits per heavy atom. The van der Waals surface area contributed by atoms with Crippen molar-refractivity contribution in [1.82, 2.24) is 0 Å². The standard InChI is InChI=1S/CH2O3.2H2N.2Zn/c2-1(3)4;;;;/h(H2,2,3,4);2*1H2;;/q;2*-1;;. The second-order valence-electron chi connectivity index (χ2n) is 0.283. The minimum absolute atomic E-state index is 0. The van der Waals surface area contributed by atoms with Crippen LogP contribution in [0.3, 0.4) is 0 Å². The predicted molar refractivity (Wildman–Crippen MR) is 21.2 cm³/mol. The van der Waals surface area contributed by atoms with Gasteiger partial charge in [0.05, 0.1) is 0 Å². The molecule has 0 aromatic heterocycles. The number of carbonyl (C=O) groups is 1. The molecule has 44 valence electrons. The molecule has 0 aliphatic carbocycles. The van der Waals surface area contributed by atoms with E-state index in [0.29, 0.717) is 0 Å². The second kappa shape index (κ2) is 26.1. The minimum Gasteiger partial charge on any atom is -0.693 e. The SMILES string of the molecule is O=C(O)O.[NH2-].[NH2-].[Zn].[Zn]. The molecule has 0 aromatic carbocycles. The molecular formula is CH6N2O3Zn2-2. The molecule has 0 amide bonds. The number of carboxylic acid groups (broad SMARTS) is 2. The number of nitrogens with two attached hydrogens (primary N) is 2. The molecule has 0 rings (SSSR count). The second-order valence-corrected chi connectivity index (χ2v) is 0.283. The Labute approximate surface area is 72.5 Å². The molecule has 0 aliphatic heterocycles. The summed E-state index contributed by atoms with van der Waals surface area (Å²) in [7, 11) is 0. The zero-order valence-corrected chi connectivity index (χ0v) is 10.3. The van der Waals surface area contributed by atoms with Crippen LogP contribution < -0.4 is 0 Å². The summed E-state index contributed by atoms with van der Waals surface area (Å²) in [4.78, 5) is 8.56. The van der Waals surface area contributed by atoms with Gasteiger partial charge in [-0.25, -0.2) is 4.79 Å². The molecule has 0 unspecified atom stereocenters. The smallest absolute Gasteiger partial charge is 0.503 e. The molecule has 0 bridgehead atoms. The Hall–Kier alpha value is 0.437. The van der Waals surface area contributed by atoms with Gasteiger partial charge >= 0.3 is 6.16 Å². The van der Waals surface area contributed by atoms with Crippen molar-refractivity contribution in [1.29, 1.82) is 0 Å². The van der Waals surface area contributed by atoms with Crippen molar-refractivity contribution in [2.45, 2.75) is 0 Å². The molecule has 0 aromatic rings. The molecular weight excluding hydrogens is 219 g/mol. The molecule has 7 heteroatoms. The van der Waals surface area contributed by atoms with E-state index in [0.717, 1.165) is 0 Å². The van der Waals surface area contributed by atoms with E-state index in [1.165, 1.54) is 0 Å². The van der Waals surface area contributed by atoms with Gasteiger partial charge in [-0.3, -0.25) is 0 Å². The summed E-state index contributed by atoms with van der Waals surface area (Å²) in [5.41, 5.74) is 0. The maximum atomic E-state index is 8.56. The summed E-state index contributed by atoms with van der Waals surface area (Å²) in [6, 6.07) is 0. The van der Waals surface area contributed by atoms with Crippen molar-refractivity contribution in [3.63, 3.8) is 0 Å². The number of rotatable bonds is 0. The monoisotopic (exact) mass is 222 g/mol. The Kier molecular flexibility index (Phi) is 129. The minimum atomic E-state index is -1.83. The van der Waals surface area contributed by atoms with Crippen molar-refractivity contribution in [3.05, 3.63) is 12.3 Å². The largest absolute Gasteiger partial charge is 0.693 e. The van der Waals surface area contributed by atoms with Gasteiger partial charge in [0, 0.05) is 39.0 Å². The maximum Gasteiger partial charge on any atom is 0.503 e. The summed E-state index contributed by atoms with van der Waals surface area (Å²) in [6.07, 6.45) is -1.83. The van der Waals surface area contributed by atoms with Crippen LogP contribution in [0.15, 0.2) is 0 Å². The van der Waals surface area contributed by atoms with Gasteiger partial charge in [-0.15, -0.1) is 0 Å². The molecule has 0 saturated carbocycles. The van der Waals surface area contributed by atoms with Crippen molar-refractivity contribution in [2.24, 2.45) is 0 Å². The van der Waals surface area contributed by atoms with Crippen LogP contribution in [-0.4, -0.2) is 16.4 Å². The third-order valence-electron chi connectivity index (χ3n) is 0. The normalized spacial score (nSPS) is 3.00. The Morgan fingerprint density at radius 1 is 1.00 bits per heavy atom. The van der Waals surface area contributed by atoms with E-state index in [1.54, 1.807) is 0 Å². The van der Waals surface area contributed by atoms with Crippen LogP contribution in [0.2, 0.25) is 0 Å². The van der Waals surface area contributed by atoms with Gasteiger partial charge < -0.3 is 22.5 Å². The number of hydrogen-bond donors (Lipinski definition) is 2. The molecule has 0 radical (unpaired) electrons. The van der Waals surface area contributed by atoms with E-state index in [2.05, 4.69) is 0 Å². The Morgan fingerprint density at radius 3 is 1.00 bits per heavy atom. The van der Waals surface area contributed by atoms with Gasteiger partial charge in [0.2, 0.25) is 0 Å². The molecule has 0 saturated heterocycles. The van der Waals surface area contributed by atoms with Crippen molar-refractivity contribution in [3.8, 4) is 0 Å². The average Bonchev–Trinajstić information content (AvgIpc) is 0.811. The molecule has 0 atom stereocenters. The van der Waals surface area contributed by atoms with Crippen LogP contribution in [0.5, 0.6) is 0 Å². The van der Waals surface area contributed by atoms with E-state index in [4.69, 9.17) is 15.0 Å². The van der Waals surface area contributed by atoms with Crippen molar-refractivity contribution < 1.29 is 54.0 Å². The molecule has 0 fully saturated rings. The first-order valence-electron chi connectivity index (χ1n) is 0.651. The summed E-state index contributed by atoms with van der Waals surface area (Å²) < 4.78 is 0. The van der Waals surface area contributed by atoms with E-state index >= 15 is 0 Å². The maximum absolute atomic E-state index is 8.56. The van der Waals surface area contributed by atoms with E-state index < -0.39 is 6.16 Å². The molecule has 0 aliphatic rings. The van der Waals surface area contributed by atoms with Gasteiger partial charge in [-0.2, -0.15) is 0 Å². The van der Waals surface area contributed by atoms with Gasteiger partial charge in [-0.05, 0) is 0 Å². The van der Waals surface area contributed by atoms with E-state index in [9.17, 15) is 0 Å². The average molecular weight is 225 g/mol. The third kappa shape index (κ3) is 997. The molecule has 6 N–H and O–H groups in total. The van der Waals surface area contributed by atoms with Crippen LogP contribution in [0.25, 0.3) is 12.3 Å². The van der Waals surface area contributed by atoms with Gasteiger partial charge in [-0.1, -0.05) is 0 Å². The molecule has 0 spiro atoms. The van der Waals surface area contributed by atoms with Crippen LogP contribution in [0, 0.1) is 0 Å². The topological polar surface area (TPSA) is 125 Å². The summed E-state index contributed by atoms with van der Waals surface area (Å²) in [5.74, 6) is 0. The van der Waals surface area contributed by atoms with E-state index in [1.807, 2.05) is 0 Å². The zero-order chi connectivity index (χ0) is 3.58. The zero-order valence-electron chi connectivity index (χ0n) is 4.37. The third-order valence-corrected chi connectivity index (χ3v) is 0. The van der Waals surface area contributed by atoms with Crippen molar-refractivity contribution in [2.75, 3.05) is 0 Å². The first-order valence-corrected chi connectivity index (χ1v) is 0.651. The van der Waals surface area contributed by atoms with Gasteiger partial charge in [0.25, 0.3) is 0 Å². The summed E-state index contributed by atoms with van der Waals surface area (Å²) in [5, 5.41) is 13.9. The fraction of sp³-hybridized carbons (Fsp3) is 0. The molecule has 8 heavy (non-hydrogen) atoms. The van der Waals surface area contributed by atoms with Crippen molar-refractivity contribution >= 4 is 6.16 Å². The van der Waals surface area contributed by atoms with Crippen LogP contribution in [-0.2, 0) is 39.0 Å². The fourth-order valence-electron chi connectivity index (χ4n) is 0. The van der Waals surface area contributed by atoms with Gasteiger partial charge in [0.1, 0.15) is 0 Å². The predicted octanol–water partition coefficient (Wildman–Crippen LogP) is 1.65. The fourth-order valence-corrected chi connectivity index (χ4v) is 0. The van der Waals surface area contributed by atoms with Gasteiger partial charge in [0.15, 0.2) is 0 Å². The molecule has 5 nitrogen and oxygen atoms in total. The summed E-state index contributed by atoms with van der Waals surface area (Å²) >= 11 is 0.